The minimum atomic E-state index is 0.748. The highest BCUT2D eigenvalue weighted by Gasteiger charge is 2.15. The molecule has 0 aliphatic carbocycles. The summed E-state index contributed by atoms with van der Waals surface area (Å²) in [5.74, 6) is 2.65. The van der Waals surface area contributed by atoms with Crippen LogP contribution in [0.2, 0.25) is 0 Å². The average molecular weight is 348 g/mol. The predicted octanol–water partition coefficient (Wildman–Crippen LogP) is 3.30. The van der Waals surface area contributed by atoms with E-state index in [1.54, 1.807) is 0 Å². The Balaban J connectivity index is 1.78. The van der Waals surface area contributed by atoms with Crippen molar-refractivity contribution in [2.45, 2.75) is 39.2 Å². The number of rotatable bonds is 8. The van der Waals surface area contributed by atoms with Gasteiger partial charge < -0.3 is 19.7 Å². The van der Waals surface area contributed by atoms with Gasteiger partial charge in [0.1, 0.15) is 5.75 Å². The molecular weight excluding hydrogens is 314 g/mol. The van der Waals surface area contributed by atoms with Crippen LogP contribution in [0.5, 0.6) is 5.75 Å². The minimum absolute atomic E-state index is 0.748. The molecule has 2 rings (SSSR count). The average Bonchev–Trinajstić information content (AvgIpc) is 2.66. The number of nitrogens with zero attached hydrogens (tertiary/aromatic N) is 2. The van der Waals surface area contributed by atoms with E-state index in [1.165, 1.54) is 24.8 Å². The van der Waals surface area contributed by atoms with Crippen molar-refractivity contribution < 1.29 is 9.47 Å². The maximum atomic E-state index is 5.70. The lowest BCUT2D eigenvalue weighted by atomic mass is 9.96. The molecule has 25 heavy (non-hydrogen) atoms. The zero-order valence-corrected chi connectivity index (χ0v) is 16.0. The first-order valence-electron chi connectivity index (χ1n) is 9.44. The van der Waals surface area contributed by atoms with Gasteiger partial charge in [0, 0.05) is 40.4 Å². The van der Waals surface area contributed by atoms with Crippen molar-refractivity contribution in [3.05, 3.63) is 29.8 Å². The number of hydrogen-bond donors (Lipinski definition) is 1. The van der Waals surface area contributed by atoms with Crippen molar-refractivity contribution in [2.24, 2.45) is 10.9 Å². The molecule has 0 amide bonds. The van der Waals surface area contributed by atoms with Crippen LogP contribution in [0.15, 0.2) is 29.3 Å². The summed E-state index contributed by atoms with van der Waals surface area (Å²) >= 11 is 0. The lowest BCUT2D eigenvalue weighted by molar-refractivity contribution is 0.0625. The Hall–Kier alpha value is -1.75. The Morgan fingerprint density at radius 3 is 2.88 bits per heavy atom. The van der Waals surface area contributed by atoms with Gasteiger partial charge in [0.05, 0.1) is 6.61 Å². The second-order valence-electron chi connectivity index (χ2n) is 6.66. The zero-order chi connectivity index (χ0) is 17.9. The van der Waals surface area contributed by atoms with Crippen molar-refractivity contribution in [3.8, 4) is 5.75 Å². The minimum Gasteiger partial charge on any atom is -0.494 e. The molecule has 0 bridgehead atoms. The molecule has 0 spiro atoms. The second kappa shape index (κ2) is 11.0. The standard InChI is InChI=1S/C20H33N3O2/c1-4-12-25-19-7-5-6-18(15-19)16-22-20(21-2)23(3)11-8-17-9-13-24-14-10-17/h5-7,15,17H,4,8-14,16H2,1-3H3,(H,21,22). The highest BCUT2D eigenvalue weighted by Crippen LogP contribution is 2.18. The molecule has 5 heteroatoms. The fourth-order valence-corrected chi connectivity index (χ4v) is 3.05. The van der Waals surface area contributed by atoms with Crippen LogP contribution in [0.1, 0.15) is 38.2 Å². The zero-order valence-electron chi connectivity index (χ0n) is 16.0. The summed E-state index contributed by atoms with van der Waals surface area (Å²) in [7, 11) is 3.95. The summed E-state index contributed by atoms with van der Waals surface area (Å²) in [5, 5.41) is 3.45. The van der Waals surface area contributed by atoms with Gasteiger partial charge in [0.15, 0.2) is 5.96 Å². The van der Waals surface area contributed by atoms with E-state index in [9.17, 15) is 0 Å². The van der Waals surface area contributed by atoms with Crippen LogP contribution >= 0.6 is 0 Å². The Morgan fingerprint density at radius 1 is 1.36 bits per heavy atom. The smallest absolute Gasteiger partial charge is 0.193 e. The van der Waals surface area contributed by atoms with Gasteiger partial charge in [-0.3, -0.25) is 4.99 Å². The lowest BCUT2D eigenvalue weighted by Crippen LogP contribution is -2.39. The van der Waals surface area contributed by atoms with Gasteiger partial charge in [0.2, 0.25) is 0 Å². The van der Waals surface area contributed by atoms with Gasteiger partial charge in [-0.1, -0.05) is 19.1 Å². The summed E-state index contributed by atoms with van der Waals surface area (Å²) in [4.78, 5) is 6.63. The first-order chi connectivity index (χ1) is 12.2. The lowest BCUT2D eigenvalue weighted by Gasteiger charge is -2.26. The fourth-order valence-electron chi connectivity index (χ4n) is 3.05. The number of guanidine groups is 1. The molecule has 1 saturated heterocycles. The highest BCUT2D eigenvalue weighted by atomic mass is 16.5. The third-order valence-corrected chi connectivity index (χ3v) is 4.61. The topological polar surface area (TPSA) is 46.1 Å². The summed E-state index contributed by atoms with van der Waals surface area (Å²) in [6.07, 6.45) is 4.59. The van der Waals surface area contributed by atoms with E-state index >= 15 is 0 Å². The Kier molecular flexibility index (Phi) is 8.60. The van der Waals surface area contributed by atoms with Crippen LogP contribution in [0, 0.1) is 5.92 Å². The quantitative estimate of drug-likeness (QED) is 0.579. The molecule has 0 aromatic heterocycles. The van der Waals surface area contributed by atoms with E-state index < -0.39 is 0 Å². The summed E-state index contributed by atoms with van der Waals surface area (Å²) < 4.78 is 11.1. The molecule has 0 atom stereocenters. The molecule has 1 aromatic carbocycles. The summed E-state index contributed by atoms with van der Waals surface area (Å²) in [5.41, 5.74) is 1.20. The molecule has 1 aliphatic rings. The Morgan fingerprint density at radius 2 is 2.16 bits per heavy atom. The monoisotopic (exact) mass is 347 g/mol. The first-order valence-corrected chi connectivity index (χ1v) is 9.44. The van der Waals surface area contributed by atoms with Gasteiger partial charge in [-0.05, 0) is 49.3 Å². The molecule has 0 unspecified atom stereocenters. The van der Waals surface area contributed by atoms with E-state index in [4.69, 9.17) is 9.47 Å². The van der Waals surface area contributed by atoms with Gasteiger partial charge in [-0.25, -0.2) is 0 Å². The number of ether oxygens (including phenoxy) is 2. The van der Waals surface area contributed by atoms with Crippen LogP contribution in [0.3, 0.4) is 0 Å². The Bertz CT molecular complexity index is 527. The van der Waals surface area contributed by atoms with Crippen molar-refractivity contribution in [1.29, 1.82) is 0 Å². The first kappa shape index (κ1) is 19.6. The molecule has 1 aliphatic heterocycles. The van der Waals surface area contributed by atoms with Gasteiger partial charge in [0.25, 0.3) is 0 Å². The maximum Gasteiger partial charge on any atom is 0.193 e. The van der Waals surface area contributed by atoms with Crippen molar-refractivity contribution in [2.75, 3.05) is 40.5 Å². The van der Waals surface area contributed by atoms with Crippen molar-refractivity contribution in [3.63, 3.8) is 0 Å². The Labute approximate surface area is 152 Å². The van der Waals surface area contributed by atoms with Crippen molar-refractivity contribution in [1.82, 2.24) is 10.2 Å². The molecule has 0 radical (unpaired) electrons. The van der Waals surface area contributed by atoms with Gasteiger partial charge >= 0.3 is 0 Å². The summed E-state index contributed by atoms with van der Waals surface area (Å²) in [6, 6.07) is 8.26. The van der Waals surface area contributed by atoms with E-state index in [0.29, 0.717) is 0 Å². The number of nitrogens with one attached hydrogen (secondary N) is 1. The third-order valence-electron chi connectivity index (χ3n) is 4.61. The molecule has 5 nitrogen and oxygen atoms in total. The molecule has 1 aromatic rings. The highest BCUT2D eigenvalue weighted by molar-refractivity contribution is 5.79. The van der Waals surface area contributed by atoms with Crippen LogP contribution < -0.4 is 10.1 Å². The summed E-state index contributed by atoms with van der Waals surface area (Å²) in [6.45, 7) is 6.47. The molecule has 1 fully saturated rings. The van der Waals surface area contributed by atoms with E-state index in [2.05, 4.69) is 41.3 Å². The van der Waals surface area contributed by atoms with E-state index in [-0.39, 0.29) is 0 Å². The largest absolute Gasteiger partial charge is 0.494 e. The molecule has 1 N–H and O–H groups in total. The van der Waals surface area contributed by atoms with Crippen LogP contribution in [-0.2, 0) is 11.3 Å². The van der Waals surface area contributed by atoms with Crippen LogP contribution in [-0.4, -0.2) is 51.3 Å². The van der Waals surface area contributed by atoms with Crippen molar-refractivity contribution >= 4 is 5.96 Å². The molecule has 1 heterocycles. The van der Waals surface area contributed by atoms with Gasteiger partial charge in [-0.2, -0.15) is 0 Å². The maximum absolute atomic E-state index is 5.70. The number of benzene rings is 1. The number of hydrogen-bond acceptors (Lipinski definition) is 3. The molecule has 140 valence electrons. The van der Waals surface area contributed by atoms with Gasteiger partial charge in [-0.15, -0.1) is 0 Å². The molecule has 0 saturated carbocycles. The van der Waals surface area contributed by atoms with Crippen LogP contribution in [0.25, 0.3) is 0 Å². The SMILES string of the molecule is CCCOc1cccc(CNC(=NC)N(C)CCC2CCOCC2)c1. The number of aliphatic imine (C=N–C) groups is 1. The van der Waals surface area contributed by atoms with Crippen LogP contribution in [0.4, 0.5) is 0 Å². The van der Waals surface area contributed by atoms with E-state index in [0.717, 1.165) is 57.0 Å². The predicted molar refractivity (Wildman–Crippen MR) is 103 cm³/mol. The fraction of sp³-hybridized carbons (Fsp3) is 0.650. The molecular formula is C20H33N3O2. The normalized spacial score (nSPS) is 15.9. The third kappa shape index (κ3) is 6.94. The second-order valence-corrected chi connectivity index (χ2v) is 6.66. The van der Waals surface area contributed by atoms with E-state index in [1.807, 2.05) is 19.2 Å².